The van der Waals surface area contributed by atoms with Gasteiger partial charge in [-0.2, -0.15) is 0 Å². The molecule has 702 valence electrons. The Kier molecular flexibility index (Phi) is 39.1. The Morgan fingerprint density at radius 3 is 0.984 bits per heavy atom. The number of hydrogen-bond acceptors (Lipinski definition) is 48. The van der Waals surface area contributed by atoms with E-state index >= 15 is 0 Å². The molecule has 48 heteroatoms. The summed E-state index contributed by atoms with van der Waals surface area (Å²) in [6.45, 7) is 11.1. The summed E-state index contributed by atoms with van der Waals surface area (Å²) < 4.78 is 174. The van der Waals surface area contributed by atoms with Gasteiger partial charge in [0.25, 0.3) is 0 Å². The normalized spacial score (nSPS) is 30.5. The smallest absolute Gasteiger partial charge is 0.303 e. The Hall–Kier alpha value is -10.4. The van der Waals surface area contributed by atoms with E-state index < -0.39 is 331 Å². The zero-order valence-electron chi connectivity index (χ0n) is 71.7. The van der Waals surface area contributed by atoms with Gasteiger partial charge >= 0.3 is 107 Å². The molecule has 0 N–H and O–H groups in total. The maximum absolute atomic E-state index is 14.0. The topological polar surface area (TPSA) is 575 Å². The highest BCUT2D eigenvalue weighted by molar-refractivity contribution is 8.00. The number of ether oxygens (including phenoxy) is 29. The van der Waals surface area contributed by atoms with Crippen molar-refractivity contribution in [3.05, 3.63) is 30.3 Å². The van der Waals surface area contributed by atoms with Gasteiger partial charge in [0.05, 0.1) is 11.9 Å². The number of carbonyl (C=O) groups excluding carboxylic acids is 18. The van der Waals surface area contributed by atoms with Crippen LogP contribution in [0.1, 0.15) is 125 Å². The van der Waals surface area contributed by atoms with Crippen LogP contribution in [0.25, 0.3) is 0 Å². The summed E-state index contributed by atoms with van der Waals surface area (Å²) in [5, 5.41) is -1.61. The fraction of sp³-hybridized carbons (Fsp3) is 0.692. The average Bonchev–Trinajstić information content (AvgIpc) is 1.27. The van der Waals surface area contributed by atoms with Crippen molar-refractivity contribution >= 4 is 119 Å². The van der Waals surface area contributed by atoms with Gasteiger partial charge in [-0.3, -0.25) is 86.3 Å². The highest BCUT2D eigenvalue weighted by Crippen LogP contribution is 2.45. The van der Waals surface area contributed by atoms with E-state index in [1.54, 1.807) is 30.3 Å². The lowest BCUT2D eigenvalue weighted by Gasteiger charge is -2.51. The molecular formula is C78H102O47S. The van der Waals surface area contributed by atoms with E-state index in [9.17, 15) is 86.3 Å². The fourth-order valence-electron chi connectivity index (χ4n) is 14.1. The summed E-state index contributed by atoms with van der Waals surface area (Å²) in [6.07, 6.45) is -54.1. The summed E-state index contributed by atoms with van der Waals surface area (Å²) in [4.78, 5) is 237. The molecule has 0 saturated carbocycles. The van der Waals surface area contributed by atoms with Gasteiger partial charge in [0.2, 0.25) is 0 Å². The van der Waals surface area contributed by atoms with E-state index in [0.29, 0.717) is 4.90 Å². The number of thioether (sulfide) groups is 1. The maximum atomic E-state index is 14.0. The lowest BCUT2D eigenvalue weighted by Crippen LogP contribution is -2.69. The van der Waals surface area contributed by atoms with Crippen LogP contribution >= 0.6 is 11.8 Å². The molecule has 1 aromatic carbocycles. The second-order valence-electron chi connectivity index (χ2n) is 28.8. The minimum atomic E-state index is -2.34. The molecule has 7 rings (SSSR count). The van der Waals surface area contributed by atoms with Crippen molar-refractivity contribution in [2.45, 2.75) is 307 Å². The lowest BCUT2D eigenvalue weighted by molar-refractivity contribution is -0.379. The zero-order chi connectivity index (χ0) is 93.4. The zero-order valence-corrected chi connectivity index (χ0v) is 72.5. The molecule has 0 radical (unpaired) electrons. The molecular weight excluding hydrogens is 1720 g/mol. The number of fused-ring (bicyclic) bond motifs is 2. The Morgan fingerprint density at radius 2 is 0.595 bits per heavy atom. The summed E-state index contributed by atoms with van der Waals surface area (Å²) in [5.74, 6) is -19.0. The first-order chi connectivity index (χ1) is 59.3. The molecule has 47 nitrogen and oxygen atoms in total. The van der Waals surface area contributed by atoms with Crippen LogP contribution in [-0.2, 0) is 224 Å². The Balaban J connectivity index is 1.37. The van der Waals surface area contributed by atoms with Crippen molar-refractivity contribution < 1.29 is 224 Å². The number of carbonyl (C=O) groups is 18. The van der Waals surface area contributed by atoms with Crippen LogP contribution in [0.3, 0.4) is 0 Å². The van der Waals surface area contributed by atoms with Gasteiger partial charge in [0.15, 0.2) is 105 Å². The highest BCUT2D eigenvalue weighted by atomic mass is 32.2. The van der Waals surface area contributed by atoms with E-state index in [-0.39, 0.29) is 0 Å². The Labute approximate surface area is 723 Å². The van der Waals surface area contributed by atoms with E-state index in [2.05, 4.69) is 0 Å². The van der Waals surface area contributed by atoms with Crippen LogP contribution in [0.15, 0.2) is 35.2 Å². The summed E-state index contributed by atoms with van der Waals surface area (Å²) in [7, 11) is 0. The van der Waals surface area contributed by atoms with E-state index in [1.807, 2.05) is 0 Å². The molecule has 0 aliphatic carbocycles. The largest absolute Gasteiger partial charge is 0.463 e. The van der Waals surface area contributed by atoms with E-state index in [0.717, 1.165) is 136 Å². The molecule has 1 aromatic rings. The molecule has 0 aromatic heterocycles. The quantitative estimate of drug-likeness (QED) is 0.0601. The van der Waals surface area contributed by atoms with Gasteiger partial charge in [-0.1, -0.05) is 18.2 Å². The van der Waals surface area contributed by atoms with Gasteiger partial charge in [0, 0.05) is 130 Å². The molecule has 29 atom stereocenters. The first-order valence-electron chi connectivity index (χ1n) is 39.0. The fourth-order valence-corrected chi connectivity index (χ4v) is 15.4. The third kappa shape index (κ3) is 30.7. The Morgan fingerprint density at radius 1 is 0.294 bits per heavy atom. The average molecular weight is 1820 g/mol. The summed E-state index contributed by atoms with van der Waals surface area (Å²) in [6, 6.07) is 7.92. The first kappa shape index (κ1) is 103. The predicted octanol–water partition coefficient (Wildman–Crippen LogP) is -0.344. The minimum absolute atomic E-state index is 0.311. The predicted molar refractivity (Wildman–Crippen MR) is 400 cm³/mol. The maximum Gasteiger partial charge on any atom is 0.303 e. The molecule has 6 aliphatic rings. The number of hydrogen-bond donors (Lipinski definition) is 0. The van der Waals surface area contributed by atoms with Crippen molar-refractivity contribution in [3.8, 4) is 0 Å². The van der Waals surface area contributed by atoms with Gasteiger partial charge in [-0.25, -0.2) is 0 Å². The van der Waals surface area contributed by atoms with Gasteiger partial charge in [-0.15, -0.1) is 11.8 Å². The molecule has 0 spiro atoms. The Bertz CT molecular complexity index is 4020. The van der Waals surface area contributed by atoms with Crippen LogP contribution in [0, 0.1) is 0 Å². The molecule has 6 saturated heterocycles. The second-order valence-corrected chi connectivity index (χ2v) is 30.0. The second kappa shape index (κ2) is 48.0. The molecule has 0 amide bonds. The van der Waals surface area contributed by atoms with Crippen molar-refractivity contribution in [3.63, 3.8) is 0 Å². The van der Waals surface area contributed by atoms with E-state index in [1.165, 1.54) is 0 Å². The van der Waals surface area contributed by atoms with E-state index in [4.69, 9.17) is 137 Å². The number of benzene rings is 1. The highest BCUT2D eigenvalue weighted by Gasteiger charge is 2.64. The minimum Gasteiger partial charge on any atom is -0.463 e. The molecule has 6 fully saturated rings. The van der Waals surface area contributed by atoms with Gasteiger partial charge in [0.1, 0.15) is 107 Å². The van der Waals surface area contributed by atoms with Crippen molar-refractivity contribution in [1.29, 1.82) is 0 Å². The van der Waals surface area contributed by atoms with Crippen LogP contribution in [0.5, 0.6) is 0 Å². The van der Waals surface area contributed by atoms with Crippen molar-refractivity contribution in [1.82, 2.24) is 0 Å². The van der Waals surface area contributed by atoms with Crippen LogP contribution < -0.4 is 0 Å². The van der Waals surface area contributed by atoms with Crippen molar-refractivity contribution in [2.75, 3.05) is 46.2 Å². The SMILES string of the molecule is CC(=O)OC[C@H](OC(C)=O)[C@@H](OC(C)=O)[C@H](O[C@H]1O[C@H](COC(C)=O)[C@@H](O[C@H]2O[C@H](COC(C)=O)[C@@H](O[C@H]3O[C@H](COC(C)=O)[C@@H](O[C@H]4O[C@@H]5CO[C@H]([C@H]4OC(C)=O)[C@@H]5O[C@H]4O[C@H](COC(C)=O)[C@@H](OC(C)=O)[C@H](OC(C)=O)[C@H]4OC(C)=O)[C@H](OC(C)=O)[C@H]3OC(C)=O)[C@@H](Sc3ccccc3)[C@@H]2OC(C)=O)[C@H](OC(C)=O)[C@H]1OC(C)=O)[C@@H](COC(C)=O)OC(C)=O. The van der Waals surface area contributed by atoms with Crippen LogP contribution in [-0.4, -0.2) is 331 Å². The van der Waals surface area contributed by atoms with Gasteiger partial charge in [-0.05, 0) is 12.1 Å². The number of rotatable bonds is 39. The third-order valence-corrected chi connectivity index (χ3v) is 19.7. The third-order valence-electron chi connectivity index (χ3n) is 18.3. The molecule has 6 heterocycles. The van der Waals surface area contributed by atoms with Gasteiger partial charge < -0.3 is 137 Å². The summed E-state index contributed by atoms with van der Waals surface area (Å²) in [5.41, 5.74) is 0. The first-order valence-corrected chi connectivity index (χ1v) is 39.9. The molecule has 2 bridgehead atoms. The van der Waals surface area contributed by atoms with Crippen LogP contribution in [0.4, 0.5) is 0 Å². The summed E-state index contributed by atoms with van der Waals surface area (Å²) >= 11 is 0.837. The van der Waals surface area contributed by atoms with Crippen LogP contribution in [0.2, 0.25) is 0 Å². The van der Waals surface area contributed by atoms with Crippen molar-refractivity contribution in [2.24, 2.45) is 0 Å². The molecule has 6 aliphatic heterocycles. The molecule has 0 unspecified atom stereocenters. The monoisotopic (exact) mass is 1820 g/mol. The molecule has 126 heavy (non-hydrogen) atoms. The lowest BCUT2D eigenvalue weighted by atomic mass is 9.95. The standard InChI is InChI=1S/C78H102O47S/c1-31(79)97-24-50(104-37(7)85)57(106-39(9)87)58(51(105-38(8)86)25-98-32(2)80)121-75-70(113-46(16)94)67(110-43(13)91)62(54(117-75)28-101-35(5)83)124-78-72(115-48(18)96)73(126-49-22-20-19-21-23-49)63(56(120-78)29-102-36(6)84)125-77-71(114-47(17)95)66(109-42(12)90)61(53(118-77)27-100-34(4)82)123-74-68(111-44(14)92)64-59(55(119-74)30-103-64)122-76-69(112-45(15)93)65(108-41(11)89)60(107-40(10)88)52(116-76)26-99-33(3)81/h19-23,50-78H,24-30H2,1-18H3/t50-,51+,52+,53+,54+,55+,56+,57+,58+,59+,60+,61+,62+,63+,64-,65-,66-,67-,68+,69+,70+,71+,72-,73+,74+,75+,76+,77+,78+/m0/s1. The number of esters is 18.